The van der Waals surface area contributed by atoms with Crippen LogP contribution < -0.4 is 4.74 Å². The van der Waals surface area contributed by atoms with Crippen molar-refractivity contribution in [1.82, 2.24) is 0 Å². The molecule has 0 saturated heterocycles. The first-order chi connectivity index (χ1) is 8.81. The summed E-state index contributed by atoms with van der Waals surface area (Å²) in [6.07, 6.45) is 2.47. The number of fused-ring (bicyclic) bond motifs is 1. The average molecular weight is 325 g/mol. The molecule has 104 valence electrons. The summed E-state index contributed by atoms with van der Waals surface area (Å²) in [7, 11) is 0. The van der Waals surface area contributed by atoms with Crippen LogP contribution in [0.15, 0.2) is 22.7 Å². The lowest BCUT2D eigenvalue weighted by atomic mass is 9.81. The molecule has 1 aromatic carbocycles. The zero-order valence-corrected chi connectivity index (χ0v) is 13.3. The molecule has 0 amide bonds. The second-order valence-electron chi connectivity index (χ2n) is 7.02. The van der Waals surface area contributed by atoms with Gasteiger partial charge < -0.3 is 9.84 Å². The maximum absolute atomic E-state index is 10.5. The molecule has 0 aromatic heterocycles. The van der Waals surface area contributed by atoms with Gasteiger partial charge >= 0.3 is 0 Å². The van der Waals surface area contributed by atoms with Crippen LogP contribution in [0.25, 0.3) is 0 Å². The lowest BCUT2D eigenvalue weighted by Gasteiger charge is -2.41. The van der Waals surface area contributed by atoms with Crippen LogP contribution in [0.4, 0.5) is 0 Å². The number of halogens is 1. The van der Waals surface area contributed by atoms with Crippen molar-refractivity contribution in [2.24, 2.45) is 11.3 Å². The Balaban J connectivity index is 1.99. The number of hydrogen-bond acceptors (Lipinski definition) is 2. The number of aliphatic hydroxyl groups is 1. The quantitative estimate of drug-likeness (QED) is 0.763. The minimum absolute atomic E-state index is 0.191. The van der Waals surface area contributed by atoms with Gasteiger partial charge in [-0.2, -0.15) is 0 Å². The van der Waals surface area contributed by atoms with Gasteiger partial charge in [0.05, 0.1) is 6.10 Å². The summed E-state index contributed by atoms with van der Waals surface area (Å²) in [5.74, 6) is 1.33. The molecule has 2 aliphatic rings. The largest absolute Gasteiger partial charge is 0.486 e. The van der Waals surface area contributed by atoms with Crippen LogP contribution in [0.1, 0.15) is 51.7 Å². The third-order valence-electron chi connectivity index (χ3n) is 4.72. The molecular weight excluding hydrogens is 304 g/mol. The molecule has 1 aliphatic heterocycles. The van der Waals surface area contributed by atoms with E-state index in [1.807, 2.05) is 18.2 Å². The Morgan fingerprint density at radius 3 is 2.68 bits per heavy atom. The van der Waals surface area contributed by atoms with Gasteiger partial charge in [0.25, 0.3) is 0 Å². The Hall–Kier alpha value is -0.540. The second-order valence-corrected chi connectivity index (χ2v) is 7.93. The molecule has 2 nitrogen and oxygen atoms in total. The molecular formula is C16H21BrO2. The zero-order valence-electron chi connectivity index (χ0n) is 11.7. The van der Waals surface area contributed by atoms with E-state index in [1.54, 1.807) is 0 Å². The summed E-state index contributed by atoms with van der Waals surface area (Å²) in [4.78, 5) is 0. The van der Waals surface area contributed by atoms with Gasteiger partial charge in [-0.3, -0.25) is 0 Å². The number of aliphatic hydroxyl groups excluding tert-OH is 1. The first kappa shape index (κ1) is 13.4. The van der Waals surface area contributed by atoms with Gasteiger partial charge in [0.2, 0.25) is 0 Å². The molecule has 0 bridgehead atoms. The van der Waals surface area contributed by atoms with Crippen LogP contribution in [0, 0.1) is 11.3 Å². The van der Waals surface area contributed by atoms with Crippen LogP contribution in [-0.4, -0.2) is 10.7 Å². The van der Waals surface area contributed by atoms with E-state index in [1.165, 1.54) is 0 Å². The number of hydrogen-bond donors (Lipinski definition) is 1. The SMILES string of the molecule is CC1CC(C)(C)CC12C[C@H](O)c1cc(Br)ccc1O2. The standard InChI is InChI=1S/C16H21BrO2/c1-10-7-15(2,3)9-16(10)8-13(18)12-6-11(17)4-5-14(12)19-16/h4-6,10,13,18H,7-9H2,1-3H3/t10?,13-,16?/m0/s1. The van der Waals surface area contributed by atoms with E-state index in [4.69, 9.17) is 4.74 Å². The Morgan fingerprint density at radius 1 is 1.32 bits per heavy atom. The summed E-state index contributed by atoms with van der Waals surface area (Å²) in [5.41, 5.74) is 1.02. The first-order valence-electron chi connectivity index (χ1n) is 6.98. The molecule has 3 heteroatoms. The van der Waals surface area contributed by atoms with Crippen LogP contribution in [0.5, 0.6) is 5.75 Å². The van der Waals surface area contributed by atoms with Crippen molar-refractivity contribution in [2.75, 3.05) is 0 Å². The summed E-state index contributed by atoms with van der Waals surface area (Å²) < 4.78 is 7.36. The molecule has 2 unspecified atom stereocenters. The number of rotatable bonds is 0. The monoisotopic (exact) mass is 324 g/mol. The van der Waals surface area contributed by atoms with Gasteiger partial charge in [0.15, 0.2) is 0 Å². The third kappa shape index (κ3) is 2.21. The fourth-order valence-electron chi connectivity index (χ4n) is 4.05. The van der Waals surface area contributed by atoms with E-state index in [0.29, 0.717) is 17.8 Å². The molecule has 3 rings (SSSR count). The Kier molecular flexibility index (Phi) is 2.99. The molecule has 1 N–H and O–H groups in total. The average Bonchev–Trinajstić information content (AvgIpc) is 2.49. The van der Waals surface area contributed by atoms with E-state index in [0.717, 1.165) is 28.6 Å². The van der Waals surface area contributed by atoms with Crippen LogP contribution in [0.3, 0.4) is 0 Å². The van der Waals surface area contributed by atoms with Crippen molar-refractivity contribution in [1.29, 1.82) is 0 Å². The molecule has 1 fully saturated rings. The fourth-order valence-corrected chi connectivity index (χ4v) is 4.43. The van der Waals surface area contributed by atoms with Crippen molar-refractivity contribution in [3.63, 3.8) is 0 Å². The van der Waals surface area contributed by atoms with Gasteiger partial charge in [-0.15, -0.1) is 0 Å². The van der Waals surface area contributed by atoms with Crippen molar-refractivity contribution >= 4 is 15.9 Å². The highest BCUT2D eigenvalue weighted by atomic mass is 79.9. The predicted octanol–water partition coefficient (Wildman–Crippen LogP) is 4.46. The minimum Gasteiger partial charge on any atom is -0.486 e. The Morgan fingerprint density at radius 2 is 2.05 bits per heavy atom. The zero-order chi connectivity index (χ0) is 13.8. The van der Waals surface area contributed by atoms with E-state index < -0.39 is 6.10 Å². The molecule has 1 heterocycles. The van der Waals surface area contributed by atoms with Gasteiger partial charge in [-0.25, -0.2) is 0 Å². The summed E-state index contributed by atoms with van der Waals surface area (Å²) in [6, 6.07) is 5.93. The first-order valence-corrected chi connectivity index (χ1v) is 7.77. The minimum atomic E-state index is -0.419. The third-order valence-corrected chi connectivity index (χ3v) is 5.21. The van der Waals surface area contributed by atoms with E-state index in [-0.39, 0.29) is 5.60 Å². The summed E-state index contributed by atoms with van der Waals surface area (Å²) in [5, 5.41) is 10.5. The predicted molar refractivity (Wildman–Crippen MR) is 79.3 cm³/mol. The Labute approximate surface area is 123 Å². The van der Waals surface area contributed by atoms with Crippen LogP contribution in [0.2, 0.25) is 0 Å². The van der Waals surface area contributed by atoms with E-state index in [2.05, 4.69) is 36.7 Å². The van der Waals surface area contributed by atoms with Crippen molar-refractivity contribution < 1.29 is 9.84 Å². The second kappa shape index (κ2) is 4.23. The highest BCUT2D eigenvalue weighted by Gasteiger charge is 2.53. The molecule has 1 aliphatic carbocycles. The molecule has 0 radical (unpaired) electrons. The molecule has 1 spiro atoms. The van der Waals surface area contributed by atoms with Crippen molar-refractivity contribution in [3.05, 3.63) is 28.2 Å². The van der Waals surface area contributed by atoms with Crippen LogP contribution >= 0.6 is 15.9 Å². The number of ether oxygens (including phenoxy) is 1. The maximum atomic E-state index is 10.5. The summed E-state index contributed by atoms with van der Waals surface area (Å²) >= 11 is 3.46. The highest BCUT2D eigenvalue weighted by molar-refractivity contribution is 9.10. The topological polar surface area (TPSA) is 29.5 Å². The van der Waals surface area contributed by atoms with Crippen molar-refractivity contribution in [3.8, 4) is 5.75 Å². The fraction of sp³-hybridized carbons (Fsp3) is 0.625. The molecule has 3 atom stereocenters. The summed E-state index contributed by atoms with van der Waals surface area (Å²) in [6.45, 7) is 6.85. The lowest BCUT2D eigenvalue weighted by molar-refractivity contribution is -0.0392. The lowest BCUT2D eigenvalue weighted by Crippen LogP contribution is -2.43. The van der Waals surface area contributed by atoms with E-state index >= 15 is 0 Å². The maximum Gasteiger partial charge on any atom is 0.126 e. The smallest absolute Gasteiger partial charge is 0.126 e. The van der Waals surface area contributed by atoms with Crippen LogP contribution in [-0.2, 0) is 0 Å². The van der Waals surface area contributed by atoms with Gasteiger partial charge in [0, 0.05) is 16.5 Å². The van der Waals surface area contributed by atoms with Crippen molar-refractivity contribution in [2.45, 2.75) is 51.7 Å². The normalized spacial score (nSPS) is 36.1. The molecule has 19 heavy (non-hydrogen) atoms. The molecule has 1 saturated carbocycles. The molecule has 1 aromatic rings. The van der Waals surface area contributed by atoms with Gasteiger partial charge in [0.1, 0.15) is 11.4 Å². The Bertz CT molecular complexity index is 511. The van der Waals surface area contributed by atoms with E-state index in [9.17, 15) is 5.11 Å². The number of benzene rings is 1. The van der Waals surface area contributed by atoms with Gasteiger partial charge in [-0.05, 0) is 42.4 Å². The highest BCUT2D eigenvalue weighted by Crippen LogP contribution is 2.55. The van der Waals surface area contributed by atoms with Gasteiger partial charge in [-0.1, -0.05) is 36.7 Å².